The number of aliphatic hydroxyl groups is 2. The molecule has 4 rings (SSSR count). The van der Waals surface area contributed by atoms with Crippen molar-refractivity contribution in [1.29, 1.82) is 5.26 Å². The van der Waals surface area contributed by atoms with Gasteiger partial charge in [-0.05, 0) is 49.2 Å². The first-order chi connectivity index (χ1) is 27.0. The van der Waals surface area contributed by atoms with E-state index in [9.17, 15) is 24.9 Å². The first kappa shape index (κ1) is 46.1. The topological polar surface area (TPSA) is 195 Å². The zero-order chi connectivity index (χ0) is 40.4. The minimum absolute atomic E-state index is 0.126. The van der Waals surface area contributed by atoms with Crippen molar-refractivity contribution >= 4 is 30.8 Å². The molecule has 0 amide bonds. The van der Waals surface area contributed by atoms with Crippen LogP contribution in [0.2, 0.25) is 5.02 Å². The molecule has 0 spiro atoms. The maximum atomic E-state index is 13.1. The number of ether oxygens (including phenoxy) is 2. The third kappa shape index (κ3) is 14.6. The zero-order valence-electron chi connectivity index (χ0n) is 33.2. The molecule has 1 unspecified atom stereocenters. The van der Waals surface area contributed by atoms with Crippen molar-refractivity contribution in [1.82, 2.24) is 14.6 Å². The lowest BCUT2D eigenvalue weighted by Gasteiger charge is -2.28. The number of nitrogen functional groups attached to an aromatic ring is 1. The van der Waals surface area contributed by atoms with Gasteiger partial charge in [0.2, 0.25) is 0 Å². The summed E-state index contributed by atoms with van der Waals surface area (Å²) < 4.78 is 37.5. The number of nitrogens with two attached hydrogens (primary N) is 1. The number of halogens is 1. The Bertz CT molecular complexity index is 1710. The molecule has 0 saturated carbocycles. The number of unbranched alkanes of at least 4 members (excludes halogenated alkanes) is 16. The SMILES string of the molecule is CCCCCCCCCCCCCCCCCCC[C@H](COP(=O)(O)OC[C@@]1(C)O[C@@H](c2ccc3c(N)ncnn23)[C@H](O)[C@@H]1O)OCc1cc(Cl)cc(C#N)c1. The van der Waals surface area contributed by atoms with E-state index in [1.165, 1.54) is 108 Å². The fourth-order valence-electron chi connectivity index (χ4n) is 7.25. The van der Waals surface area contributed by atoms with Crippen molar-refractivity contribution < 1.29 is 38.2 Å². The van der Waals surface area contributed by atoms with E-state index >= 15 is 0 Å². The number of phosphoric ester groups is 1. The Labute approximate surface area is 337 Å². The van der Waals surface area contributed by atoms with E-state index in [-0.39, 0.29) is 19.0 Å². The molecule has 56 heavy (non-hydrogen) atoms. The van der Waals surface area contributed by atoms with Crippen molar-refractivity contribution in [3.05, 3.63) is 58.5 Å². The molecule has 1 fully saturated rings. The lowest BCUT2D eigenvalue weighted by Crippen LogP contribution is -2.44. The van der Waals surface area contributed by atoms with Gasteiger partial charge in [0.25, 0.3) is 0 Å². The monoisotopic (exact) mass is 819 g/mol. The highest BCUT2D eigenvalue weighted by atomic mass is 35.5. The van der Waals surface area contributed by atoms with Crippen LogP contribution < -0.4 is 5.73 Å². The summed E-state index contributed by atoms with van der Waals surface area (Å²) in [5, 5.41) is 35.8. The highest BCUT2D eigenvalue weighted by Gasteiger charge is 2.53. The van der Waals surface area contributed by atoms with Gasteiger partial charge in [0, 0.05) is 5.02 Å². The van der Waals surface area contributed by atoms with Gasteiger partial charge in [0.05, 0.1) is 43.3 Å². The summed E-state index contributed by atoms with van der Waals surface area (Å²) in [7, 11) is -4.67. The molecule has 312 valence electrons. The molecule has 0 radical (unpaired) electrons. The Morgan fingerprint density at radius 2 is 1.57 bits per heavy atom. The highest BCUT2D eigenvalue weighted by Crippen LogP contribution is 2.48. The number of hydrogen-bond acceptors (Lipinski definition) is 11. The Morgan fingerprint density at radius 1 is 0.964 bits per heavy atom. The van der Waals surface area contributed by atoms with Gasteiger partial charge >= 0.3 is 7.82 Å². The molecular formula is C41H63ClN5O8P. The van der Waals surface area contributed by atoms with Crippen LogP contribution in [0.5, 0.6) is 0 Å². The van der Waals surface area contributed by atoms with Crippen LogP contribution >= 0.6 is 19.4 Å². The van der Waals surface area contributed by atoms with Crippen LogP contribution in [0.15, 0.2) is 36.7 Å². The number of aliphatic hydroxyl groups excluding tert-OH is 2. The van der Waals surface area contributed by atoms with Crippen LogP contribution in [0.3, 0.4) is 0 Å². The summed E-state index contributed by atoms with van der Waals surface area (Å²) >= 11 is 6.20. The van der Waals surface area contributed by atoms with Gasteiger partial charge in [0.15, 0.2) is 5.82 Å². The molecule has 6 atom stereocenters. The van der Waals surface area contributed by atoms with E-state index in [4.69, 9.17) is 35.9 Å². The number of benzene rings is 1. The van der Waals surface area contributed by atoms with Gasteiger partial charge in [-0.2, -0.15) is 10.4 Å². The first-order valence-corrected chi connectivity index (χ1v) is 22.4. The molecule has 1 aliphatic rings. The largest absolute Gasteiger partial charge is 0.472 e. The molecule has 15 heteroatoms. The number of nitriles is 1. The number of fused-ring (bicyclic) bond motifs is 1. The lowest BCUT2D eigenvalue weighted by molar-refractivity contribution is -0.101. The number of rotatable bonds is 28. The second-order valence-corrected chi connectivity index (χ2v) is 17.3. The zero-order valence-corrected chi connectivity index (χ0v) is 34.8. The third-order valence-corrected chi connectivity index (χ3v) is 11.7. The lowest BCUT2D eigenvalue weighted by atomic mass is 9.97. The Hall–Kier alpha value is -2.63. The predicted molar refractivity (Wildman–Crippen MR) is 217 cm³/mol. The fourth-order valence-corrected chi connectivity index (χ4v) is 8.35. The fraction of sp³-hybridized carbons (Fsp3) is 0.683. The van der Waals surface area contributed by atoms with Crippen LogP contribution in [-0.4, -0.2) is 66.8 Å². The second kappa shape index (κ2) is 23.7. The quantitative estimate of drug-likeness (QED) is 0.0401. The van der Waals surface area contributed by atoms with Crippen LogP contribution in [0.1, 0.15) is 152 Å². The molecule has 3 heterocycles. The van der Waals surface area contributed by atoms with Crippen LogP contribution in [0, 0.1) is 11.3 Å². The predicted octanol–water partition coefficient (Wildman–Crippen LogP) is 9.15. The standard InChI is InChI=1S/C41H63ClN5O8P/c1-3-4-5-6-7-8-9-10-11-12-13-14-15-16-17-18-19-20-34(52-27-32-23-31(26-43)24-33(42)25-32)28-53-56(50,51)54-29-41(2)39(49)37(48)38(55-41)35-21-22-36-40(44)45-30-46-47(35)36/h21-25,30,34,37-39,48-49H,3-20,27-29H2,1-2H3,(H,50,51)(H2,44,45,46)/t34-,37+,38+,39+,41-/m1/s1. The van der Waals surface area contributed by atoms with Crippen molar-refractivity contribution in [2.24, 2.45) is 0 Å². The number of nitrogens with zero attached hydrogens (tertiary/aromatic N) is 4. The number of aromatic nitrogens is 3. The molecule has 1 aliphatic heterocycles. The van der Waals surface area contributed by atoms with E-state index in [0.717, 1.165) is 19.3 Å². The van der Waals surface area contributed by atoms with E-state index in [2.05, 4.69) is 23.1 Å². The van der Waals surface area contributed by atoms with E-state index in [1.807, 2.05) is 0 Å². The second-order valence-electron chi connectivity index (χ2n) is 15.4. The molecule has 1 saturated heterocycles. The summed E-state index contributed by atoms with van der Waals surface area (Å²) in [6, 6.07) is 10.4. The number of hydrogen-bond donors (Lipinski definition) is 4. The molecule has 13 nitrogen and oxygen atoms in total. The van der Waals surface area contributed by atoms with Gasteiger partial charge in [-0.15, -0.1) is 0 Å². The Morgan fingerprint density at radius 3 is 2.18 bits per heavy atom. The van der Waals surface area contributed by atoms with E-state index in [1.54, 1.807) is 30.3 Å². The van der Waals surface area contributed by atoms with Crippen LogP contribution in [0.4, 0.5) is 5.82 Å². The van der Waals surface area contributed by atoms with E-state index in [0.29, 0.717) is 33.8 Å². The van der Waals surface area contributed by atoms with Crippen molar-refractivity contribution in [2.75, 3.05) is 18.9 Å². The molecular weight excluding hydrogens is 757 g/mol. The van der Waals surface area contributed by atoms with Crippen LogP contribution in [-0.2, 0) is 29.7 Å². The molecule has 0 aliphatic carbocycles. The summed E-state index contributed by atoms with van der Waals surface area (Å²) in [5.41, 5.74) is 6.39. The van der Waals surface area contributed by atoms with Crippen LogP contribution in [0.25, 0.3) is 5.52 Å². The average Bonchev–Trinajstić information content (AvgIpc) is 3.71. The van der Waals surface area contributed by atoms with Gasteiger partial charge in [0.1, 0.15) is 35.8 Å². The maximum Gasteiger partial charge on any atom is 0.472 e. The highest BCUT2D eigenvalue weighted by molar-refractivity contribution is 7.47. The van der Waals surface area contributed by atoms with Gasteiger partial charge in [-0.25, -0.2) is 14.1 Å². The Kier molecular flexibility index (Phi) is 19.5. The molecule has 1 aromatic carbocycles. The van der Waals surface area contributed by atoms with Crippen molar-refractivity contribution in [2.45, 2.75) is 166 Å². The molecule has 2 aromatic heterocycles. The summed E-state index contributed by atoms with van der Waals surface area (Å²) in [5.74, 6) is 0.232. The van der Waals surface area contributed by atoms with Gasteiger partial charge < -0.3 is 30.3 Å². The minimum Gasteiger partial charge on any atom is -0.387 e. The normalized spacial score (nSPS) is 21.3. The average molecular weight is 820 g/mol. The van der Waals surface area contributed by atoms with Gasteiger partial charge in [-0.3, -0.25) is 9.05 Å². The van der Waals surface area contributed by atoms with Crippen molar-refractivity contribution in [3.8, 4) is 6.07 Å². The minimum atomic E-state index is -4.67. The maximum absolute atomic E-state index is 13.1. The Balaban J connectivity index is 1.20. The first-order valence-electron chi connectivity index (χ1n) is 20.5. The van der Waals surface area contributed by atoms with Gasteiger partial charge in [-0.1, -0.05) is 128 Å². The molecule has 3 aromatic rings. The summed E-state index contributed by atoms with van der Waals surface area (Å²) in [4.78, 5) is 14.7. The van der Waals surface area contributed by atoms with Crippen molar-refractivity contribution in [3.63, 3.8) is 0 Å². The number of anilines is 1. The summed E-state index contributed by atoms with van der Waals surface area (Å²) in [6.07, 6.45) is 18.9. The molecule has 5 N–H and O–H groups in total. The number of phosphoric acid groups is 1. The molecule has 0 bridgehead atoms. The third-order valence-electron chi connectivity index (χ3n) is 10.6. The smallest absolute Gasteiger partial charge is 0.387 e. The van der Waals surface area contributed by atoms with E-state index < -0.39 is 44.4 Å². The summed E-state index contributed by atoms with van der Waals surface area (Å²) in [6.45, 7) is 3.07.